The van der Waals surface area contributed by atoms with Gasteiger partial charge in [-0.3, -0.25) is 9.89 Å². The molecule has 0 aliphatic heterocycles. The average Bonchev–Trinajstić information content (AvgIpc) is 2.78. The van der Waals surface area contributed by atoms with Gasteiger partial charge in [-0.25, -0.2) is 4.98 Å². The lowest BCUT2D eigenvalue weighted by Gasteiger charge is -2.08. The molecule has 2 heterocycles. The number of H-pyrrole nitrogens is 1. The molecule has 1 N–H and O–H groups in total. The van der Waals surface area contributed by atoms with Crippen LogP contribution in [0.25, 0.3) is 21.9 Å². The Morgan fingerprint density at radius 2 is 2.11 bits per heavy atom. The molecule has 0 spiro atoms. The minimum absolute atomic E-state index is 0.570. The number of pyridine rings is 1. The molecular formula is C14H13N3O2. The van der Waals surface area contributed by atoms with Crippen LogP contribution in [0.5, 0.6) is 5.75 Å². The number of aromatic nitrogens is 3. The number of methoxy groups -OCH3 is 1. The van der Waals surface area contributed by atoms with Crippen molar-refractivity contribution < 1.29 is 9.53 Å². The fourth-order valence-electron chi connectivity index (χ4n) is 2.40. The topological polar surface area (TPSA) is 67.9 Å². The lowest BCUT2D eigenvalue weighted by Crippen LogP contribution is -1.94. The Bertz CT molecular complexity index is 805. The summed E-state index contributed by atoms with van der Waals surface area (Å²) < 4.78 is 5.26. The number of nitrogens with one attached hydrogen (secondary N) is 1. The number of nitrogens with zero attached hydrogens (tertiary/aromatic N) is 2. The number of fused-ring (bicyclic) bond motifs is 2. The van der Waals surface area contributed by atoms with E-state index in [1.165, 1.54) is 0 Å². The molecule has 1 aromatic carbocycles. The molecule has 96 valence electrons. The molecule has 0 bridgehead atoms. The fraction of sp³-hybridized carbons (Fsp3) is 0.214. The van der Waals surface area contributed by atoms with E-state index >= 15 is 0 Å². The highest BCUT2D eigenvalue weighted by atomic mass is 16.5. The smallest absolute Gasteiger partial charge is 0.182 e. The SMILES string of the molecule is COc1cc(C)c2nc3n[nH]c(C)c3c(C=O)c2c1. The summed E-state index contributed by atoms with van der Waals surface area (Å²) in [4.78, 5) is 16.0. The number of benzene rings is 1. The lowest BCUT2D eigenvalue weighted by atomic mass is 10.0. The molecule has 0 radical (unpaired) electrons. The van der Waals surface area contributed by atoms with Crippen molar-refractivity contribution in [2.45, 2.75) is 13.8 Å². The summed E-state index contributed by atoms with van der Waals surface area (Å²) in [5.74, 6) is 0.718. The molecule has 3 aromatic rings. The summed E-state index contributed by atoms with van der Waals surface area (Å²) in [5, 5.41) is 8.57. The van der Waals surface area contributed by atoms with E-state index in [0.29, 0.717) is 11.2 Å². The van der Waals surface area contributed by atoms with Crippen molar-refractivity contribution in [3.05, 3.63) is 29.0 Å². The average molecular weight is 255 g/mol. The van der Waals surface area contributed by atoms with Crippen LogP contribution >= 0.6 is 0 Å². The van der Waals surface area contributed by atoms with Gasteiger partial charge in [-0.05, 0) is 31.5 Å². The van der Waals surface area contributed by atoms with Crippen LogP contribution in [0.15, 0.2) is 12.1 Å². The lowest BCUT2D eigenvalue weighted by molar-refractivity contribution is 0.112. The van der Waals surface area contributed by atoms with Crippen LogP contribution in [0.3, 0.4) is 0 Å². The molecule has 0 saturated heterocycles. The van der Waals surface area contributed by atoms with Crippen LogP contribution in [0, 0.1) is 13.8 Å². The fourth-order valence-corrected chi connectivity index (χ4v) is 2.40. The number of aromatic amines is 1. The highest BCUT2D eigenvalue weighted by Gasteiger charge is 2.15. The molecule has 0 atom stereocenters. The highest BCUT2D eigenvalue weighted by molar-refractivity contribution is 6.10. The van der Waals surface area contributed by atoms with E-state index in [1.54, 1.807) is 7.11 Å². The molecule has 19 heavy (non-hydrogen) atoms. The minimum Gasteiger partial charge on any atom is -0.497 e. The molecule has 0 aliphatic carbocycles. The normalized spacial score (nSPS) is 11.1. The molecule has 0 fully saturated rings. The van der Waals surface area contributed by atoms with Crippen molar-refractivity contribution in [1.82, 2.24) is 15.2 Å². The van der Waals surface area contributed by atoms with E-state index < -0.39 is 0 Å². The van der Waals surface area contributed by atoms with Gasteiger partial charge in [0.2, 0.25) is 0 Å². The molecule has 0 saturated carbocycles. The Morgan fingerprint density at radius 3 is 2.79 bits per heavy atom. The first kappa shape index (κ1) is 11.6. The van der Waals surface area contributed by atoms with Gasteiger partial charge in [0.05, 0.1) is 18.0 Å². The van der Waals surface area contributed by atoms with Crippen molar-refractivity contribution >= 4 is 28.2 Å². The maximum absolute atomic E-state index is 11.5. The predicted octanol–water partition coefficient (Wildman–Crippen LogP) is 2.55. The number of carbonyl (C=O) groups excluding carboxylic acids is 1. The monoisotopic (exact) mass is 255 g/mol. The number of aryl methyl sites for hydroxylation is 2. The number of hydrogen-bond donors (Lipinski definition) is 1. The van der Waals surface area contributed by atoms with Gasteiger partial charge >= 0.3 is 0 Å². The molecule has 3 rings (SSSR count). The summed E-state index contributed by atoms with van der Waals surface area (Å²) in [5.41, 5.74) is 3.75. The van der Waals surface area contributed by atoms with Crippen LogP contribution < -0.4 is 4.74 Å². The van der Waals surface area contributed by atoms with Gasteiger partial charge in [0.25, 0.3) is 0 Å². The zero-order valence-corrected chi connectivity index (χ0v) is 10.9. The Kier molecular flexibility index (Phi) is 2.48. The Hall–Kier alpha value is -2.43. The third-order valence-corrected chi connectivity index (χ3v) is 3.33. The number of carbonyl (C=O) groups is 1. The Balaban J connectivity index is 2.57. The highest BCUT2D eigenvalue weighted by Crippen LogP contribution is 2.30. The van der Waals surface area contributed by atoms with Gasteiger partial charge in [-0.15, -0.1) is 0 Å². The third-order valence-electron chi connectivity index (χ3n) is 3.33. The quantitative estimate of drug-likeness (QED) is 0.714. The second-order valence-electron chi connectivity index (χ2n) is 4.53. The Morgan fingerprint density at radius 1 is 1.32 bits per heavy atom. The van der Waals surface area contributed by atoms with E-state index in [1.807, 2.05) is 26.0 Å². The molecule has 0 amide bonds. The first-order chi connectivity index (χ1) is 9.15. The zero-order chi connectivity index (χ0) is 13.6. The van der Waals surface area contributed by atoms with Crippen molar-refractivity contribution in [3.63, 3.8) is 0 Å². The van der Waals surface area contributed by atoms with E-state index in [9.17, 15) is 4.79 Å². The van der Waals surface area contributed by atoms with Crippen molar-refractivity contribution in [2.75, 3.05) is 7.11 Å². The van der Waals surface area contributed by atoms with Crippen LogP contribution in [0.4, 0.5) is 0 Å². The molecule has 0 unspecified atom stereocenters. The van der Waals surface area contributed by atoms with Crippen molar-refractivity contribution in [3.8, 4) is 5.75 Å². The standard InChI is InChI=1S/C14H13N3O2/c1-7-4-9(19-3)5-10-11(6-18)12-8(2)16-17-14(12)15-13(7)10/h4-6H,1-3H3,(H,15,16,17). The Labute approximate surface area is 109 Å². The van der Waals surface area contributed by atoms with E-state index in [4.69, 9.17) is 4.74 Å². The maximum Gasteiger partial charge on any atom is 0.182 e. The van der Waals surface area contributed by atoms with E-state index in [-0.39, 0.29) is 0 Å². The number of hydrogen-bond acceptors (Lipinski definition) is 4. The van der Waals surface area contributed by atoms with Crippen LogP contribution in [0.1, 0.15) is 21.6 Å². The van der Waals surface area contributed by atoms with Gasteiger partial charge < -0.3 is 4.74 Å². The number of rotatable bonds is 2. The van der Waals surface area contributed by atoms with Crippen LogP contribution in [-0.2, 0) is 0 Å². The summed E-state index contributed by atoms with van der Waals surface area (Å²) in [6, 6.07) is 3.74. The summed E-state index contributed by atoms with van der Waals surface area (Å²) in [6.45, 7) is 3.82. The minimum atomic E-state index is 0.570. The zero-order valence-electron chi connectivity index (χ0n) is 10.9. The van der Waals surface area contributed by atoms with E-state index in [0.717, 1.165) is 39.6 Å². The molecular weight excluding hydrogens is 242 g/mol. The van der Waals surface area contributed by atoms with E-state index in [2.05, 4.69) is 15.2 Å². The van der Waals surface area contributed by atoms with Gasteiger partial charge in [0.15, 0.2) is 11.9 Å². The van der Waals surface area contributed by atoms with Crippen molar-refractivity contribution in [1.29, 1.82) is 0 Å². The van der Waals surface area contributed by atoms with Gasteiger partial charge in [0, 0.05) is 16.6 Å². The first-order valence-electron chi connectivity index (χ1n) is 5.94. The molecule has 2 aromatic heterocycles. The van der Waals surface area contributed by atoms with Crippen LogP contribution in [0.2, 0.25) is 0 Å². The number of ether oxygens (including phenoxy) is 1. The van der Waals surface area contributed by atoms with Gasteiger partial charge in [-0.1, -0.05) is 0 Å². The number of aldehydes is 1. The molecule has 5 nitrogen and oxygen atoms in total. The predicted molar refractivity (Wildman–Crippen MR) is 72.8 cm³/mol. The van der Waals surface area contributed by atoms with Gasteiger partial charge in [0.1, 0.15) is 5.75 Å². The van der Waals surface area contributed by atoms with Crippen LogP contribution in [-0.4, -0.2) is 28.6 Å². The first-order valence-corrected chi connectivity index (χ1v) is 5.94. The second kappa shape index (κ2) is 4.05. The maximum atomic E-state index is 11.5. The van der Waals surface area contributed by atoms with Gasteiger partial charge in [-0.2, -0.15) is 5.10 Å². The van der Waals surface area contributed by atoms with Crippen molar-refractivity contribution in [2.24, 2.45) is 0 Å². The molecule has 5 heteroatoms. The largest absolute Gasteiger partial charge is 0.497 e. The molecule has 0 aliphatic rings. The summed E-state index contributed by atoms with van der Waals surface area (Å²) >= 11 is 0. The summed E-state index contributed by atoms with van der Waals surface area (Å²) in [7, 11) is 1.61. The third kappa shape index (κ3) is 1.58. The summed E-state index contributed by atoms with van der Waals surface area (Å²) in [6.07, 6.45) is 0.855. The second-order valence-corrected chi connectivity index (χ2v) is 4.53.